The molecule has 0 amide bonds. The molecule has 0 radical (unpaired) electrons. The van der Waals surface area contributed by atoms with Crippen LogP contribution in [0.25, 0.3) is 0 Å². The molecule has 1 unspecified atom stereocenters. The van der Waals surface area contributed by atoms with Gasteiger partial charge in [0.15, 0.2) is 0 Å². The molecule has 0 bridgehead atoms. The quantitative estimate of drug-likeness (QED) is 0.844. The maximum atomic E-state index is 5.84. The first-order valence-corrected chi connectivity index (χ1v) is 5.76. The van der Waals surface area contributed by atoms with Gasteiger partial charge in [-0.05, 0) is 31.0 Å². The van der Waals surface area contributed by atoms with Gasteiger partial charge in [-0.25, -0.2) is 4.98 Å². The lowest BCUT2D eigenvalue weighted by molar-refractivity contribution is 0.785. The van der Waals surface area contributed by atoms with E-state index in [4.69, 9.17) is 5.73 Å². The molecule has 3 N–H and O–H groups in total. The summed E-state index contributed by atoms with van der Waals surface area (Å²) in [7, 11) is 0. The van der Waals surface area contributed by atoms with Crippen LogP contribution in [0, 0.1) is 0 Å². The molecule has 0 aliphatic heterocycles. The van der Waals surface area contributed by atoms with Gasteiger partial charge in [0.1, 0.15) is 5.82 Å². The van der Waals surface area contributed by atoms with Crippen LogP contribution in [-0.4, -0.2) is 11.0 Å². The molecule has 2 aromatic rings. The Labute approximate surface area is 102 Å². The van der Waals surface area contributed by atoms with E-state index < -0.39 is 0 Å². The molecule has 88 valence electrons. The summed E-state index contributed by atoms with van der Waals surface area (Å²) in [6.45, 7) is 2.13. The molecule has 0 aliphatic rings. The lowest BCUT2D eigenvalue weighted by Gasteiger charge is -2.15. The minimum atomic E-state index is 0.301. The fourth-order valence-corrected chi connectivity index (χ4v) is 1.79. The first kappa shape index (κ1) is 11.5. The van der Waals surface area contributed by atoms with E-state index in [0.29, 0.717) is 11.7 Å². The van der Waals surface area contributed by atoms with E-state index in [-0.39, 0.29) is 0 Å². The van der Waals surface area contributed by atoms with Crippen LogP contribution in [0.4, 0.5) is 11.5 Å². The van der Waals surface area contributed by atoms with Gasteiger partial charge < -0.3 is 11.1 Å². The standard InChI is InChI=1S/C14H17N3/c1-11(10-12-6-3-2-4-7-12)17-14-13(15)8-5-9-16-14/h2-9,11H,10,15H2,1H3,(H,16,17). The van der Waals surface area contributed by atoms with Crippen molar-refractivity contribution in [3.05, 3.63) is 54.2 Å². The minimum absolute atomic E-state index is 0.301. The highest BCUT2D eigenvalue weighted by molar-refractivity contribution is 5.60. The van der Waals surface area contributed by atoms with Crippen molar-refractivity contribution in [3.8, 4) is 0 Å². The van der Waals surface area contributed by atoms with Crippen LogP contribution in [0.1, 0.15) is 12.5 Å². The van der Waals surface area contributed by atoms with Crippen LogP contribution in [-0.2, 0) is 6.42 Å². The van der Waals surface area contributed by atoms with Crippen molar-refractivity contribution >= 4 is 11.5 Å². The summed E-state index contributed by atoms with van der Waals surface area (Å²) in [5.41, 5.74) is 7.83. The zero-order valence-electron chi connectivity index (χ0n) is 9.93. The average Bonchev–Trinajstić information content (AvgIpc) is 2.33. The molecule has 3 heteroatoms. The van der Waals surface area contributed by atoms with Crippen LogP contribution in [0.5, 0.6) is 0 Å². The zero-order valence-corrected chi connectivity index (χ0v) is 9.93. The molecular formula is C14H17N3. The lowest BCUT2D eigenvalue weighted by Crippen LogP contribution is -2.19. The molecule has 1 aromatic carbocycles. The number of hydrogen-bond donors (Lipinski definition) is 2. The maximum absolute atomic E-state index is 5.84. The molecule has 0 saturated carbocycles. The number of nitrogens with one attached hydrogen (secondary N) is 1. The number of rotatable bonds is 4. The van der Waals surface area contributed by atoms with Crippen LogP contribution >= 0.6 is 0 Å². The van der Waals surface area contributed by atoms with Crippen molar-refractivity contribution in [3.63, 3.8) is 0 Å². The number of anilines is 2. The van der Waals surface area contributed by atoms with Gasteiger partial charge in [0, 0.05) is 12.2 Å². The summed E-state index contributed by atoms with van der Waals surface area (Å²) < 4.78 is 0. The van der Waals surface area contributed by atoms with E-state index in [1.54, 1.807) is 6.20 Å². The Morgan fingerprint density at radius 2 is 1.94 bits per heavy atom. The number of aromatic nitrogens is 1. The molecular weight excluding hydrogens is 210 g/mol. The average molecular weight is 227 g/mol. The number of hydrogen-bond acceptors (Lipinski definition) is 3. The smallest absolute Gasteiger partial charge is 0.149 e. The third-order valence-electron chi connectivity index (χ3n) is 2.61. The highest BCUT2D eigenvalue weighted by Crippen LogP contribution is 2.15. The van der Waals surface area contributed by atoms with Gasteiger partial charge in [0.05, 0.1) is 5.69 Å². The molecule has 1 heterocycles. The third kappa shape index (κ3) is 3.21. The van der Waals surface area contributed by atoms with Crippen LogP contribution < -0.4 is 11.1 Å². The van der Waals surface area contributed by atoms with Crippen LogP contribution in [0.2, 0.25) is 0 Å². The van der Waals surface area contributed by atoms with Crippen molar-refractivity contribution in [2.45, 2.75) is 19.4 Å². The van der Waals surface area contributed by atoms with Gasteiger partial charge in [0.2, 0.25) is 0 Å². The van der Waals surface area contributed by atoms with Gasteiger partial charge in [-0.1, -0.05) is 30.3 Å². The molecule has 2 rings (SSSR count). The Morgan fingerprint density at radius 3 is 2.65 bits per heavy atom. The van der Waals surface area contributed by atoms with Gasteiger partial charge >= 0.3 is 0 Å². The Bertz CT molecular complexity index is 468. The molecule has 0 saturated heterocycles. The minimum Gasteiger partial charge on any atom is -0.396 e. The summed E-state index contributed by atoms with van der Waals surface area (Å²) in [6, 6.07) is 14.4. The second-order valence-electron chi connectivity index (χ2n) is 4.18. The number of benzene rings is 1. The molecule has 0 aliphatic carbocycles. The largest absolute Gasteiger partial charge is 0.396 e. The predicted octanol–water partition coefficient (Wildman–Crippen LogP) is 2.71. The van der Waals surface area contributed by atoms with Crippen molar-refractivity contribution in [2.24, 2.45) is 0 Å². The summed E-state index contributed by atoms with van der Waals surface area (Å²) in [4.78, 5) is 4.22. The van der Waals surface area contributed by atoms with E-state index in [9.17, 15) is 0 Å². The highest BCUT2D eigenvalue weighted by atomic mass is 15.0. The summed E-state index contributed by atoms with van der Waals surface area (Å²) in [5.74, 6) is 0.760. The van der Waals surface area contributed by atoms with E-state index >= 15 is 0 Å². The summed E-state index contributed by atoms with van der Waals surface area (Å²) in [5, 5.41) is 3.32. The van der Waals surface area contributed by atoms with Crippen molar-refractivity contribution in [1.29, 1.82) is 0 Å². The summed E-state index contributed by atoms with van der Waals surface area (Å²) in [6.07, 6.45) is 2.70. The first-order chi connectivity index (χ1) is 8.25. The van der Waals surface area contributed by atoms with Crippen molar-refractivity contribution in [2.75, 3.05) is 11.1 Å². The second kappa shape index (κ2) is 5.34. The van der Waals surface area contributed by atoms with Crippen LogP contribution in [0.3, 0.4) is 0 Å². The van der Waals surface area contributed by atoms with Gasteiger partial charge in [-0.3, -0.25) is 0 Å². The molecule has 1 aromatic heterocycles. The highest BCUT2D eigenvalue weighted by Gasteiger charge is 2.05. The maximum Gasteiger partial charge on any atom is 0.149 e. The lowest BCUT2D eigenvalue weighted by atomic mass is 10.1. The monoisotopic (exact) mass is 227 g/mol. The van der Waals surface area contributed by atoms with E-state index in [1.165, 1.54) is 5.56 Å². The fourth-order valence-electron chi connectivity index (χ4n) is 1.79. The van der Waals surface area contributed by atoms with Gasteiger partial charge in [-0.15, -0.1) is 0 Å². The number of nitrogens with two attached hydrogens (primary N) is 1. The number of nitrogen functional groups attached to an aromatic ring is 1. The van der Waals surface area contributed by atoms with Crippen molar-refractivity contribution < 1.29 is 0 Å². The number of nitrogens with zero attached hydrogens (tertiary/aromatic N) is 1. The molecule has 1 atom stereocenters. The molecule has 17 heavy (non-hydrogen) atoms. The molecule has 0 spiro atoms. The predicted molar refractivity (Wildman–Crippen MR) is 71.9 cm³/mol. The Kier molecular flexibility index (Phi) is 3.60. The fraction of sp³-hybridized carbons (Fsp3) is 0.214. The van der Waals surface area contributed by atoms with E-state index in [2.05, 4.69) is 41.5 Å². The van der Waals surface area contributed by atoms with E-state index in [0.717, 1.165) is 12.2 Å². The topological polar surface area (TPSA) is 50.9 Å². The van der Waals surface area contributed by atoms with E-state index in [1.807, 2.05) is 18.2 Å². The number of pyridine rings is 1. The zero-order chi connectivity index (χ0) is 12.1. The third-order valence-corrected chi connectivity index (χ3v) is 2.61. The van der Waals surface area contributed by atoms with Gasteiger partial charge in [-0.2, -0.15) is 0 Å². The van der Waals surface area contributed by atoms with Gasteiger partial charge in [0.25, 0.3) is 0 Å². The SMILES string of the molecule is CC(Cc1ccccc1)Nc1ncccc1N. The Hall–Kier alpha value is -2.03. The molecule has 3 nitrogen and oxygen atoms in total. The van der Waals surface area contributed by atoms with Crippen molar-refractivity contribution in [1.82, 2.24) is 4.98 Å². The Morgan fingerprint density at radius 1 is 1.18 bits per heavy atom. The molecule has 0 fully saturated rings. The summed E-state index contributed by atoms with van der Waals surface area (Å²) >= 11 is 0. The normalized spacial score (nSPS) is 12.1. The Balaban J connectivity index is 1.98. The van der Waals surface area contributed by atoms with Crippen LogP contribution in [0.15, 0.2) is 48.7 Å². The first-order valence-electron chi connectivity index (χ1n) is 5.76. The second-order valence-corrected chi connectivity index (χ2v) is 4.18.